The first-order chi connectivity index (χ1) is 12.4. The molecule has 1 N–H and O–H groups in total. The van der Waals surface area contributed by atoms with Crippen LogP contribution in [0.4, 0.5) is 13.2 Å². The summed E-state index contributed by atoms with van der Waals surface area (Å²) in [6.45, 7) is 7.98. The van der Waals surface area contributed by atoms with Gasteiger partial charge in [-0.05, 0) is 36.0 Å². The van der Waals surface area contributed by atoms with Crippen molar-refractivity contribution in [2.75, 3.05) is 0 Å². The number of hydrogen-bond donors (Lipinski definition) is 1. The first-order valence-electron chi connectivity index (χ1n) is 9.20. The lowest BCUT2D eigenvalue weighted by molar-refractivity contribution is -0.297. The van der Waals surface area contributed by atoms with Crippen molar-refractivity contribution >= 4 is 11.6 Å². The van der Waals surface area contributed by atoms with Gasteiger partial charge in [0.05, 0.1) is 0 Å². The van der Waals surface area contributed by atoms with Crippen LogP contribution >= 0.6 is 0 Å². The predicted molar refractivity (Wildman–Crippen MR) is 98.5 cm³/mol. The van der Waals surface area contributed by atoms with Crippen LogP contribution in [0.5, 0.6) is 0 Å². The molecule has 1 aromatic carbocycles. The van der Waals surface area contributed by atoms with Crippen molar-refractivity contribution in [3.63, 3.8) is 0 Å². The minimum absolute atomic E-state index is 0.0595. The van der Waals surface area contributed by atoms with Crippen molar-refractivity contribution in [2.45, 2.75) is 77.1 Å². The lowest BCUT2D eigenvalue weighted by atomic mass is 9.86. The normalized spacial score (nSPS) is 20.7. The molecule has 1 aromatic rings. The zero-order valence-electron chi connectivity index (χ0n) is 16.2. The highest BCUT2D eigenvalue weighted by atomic mass is 19.4. The Morgan fingerprint density at radius 1 is 1.19 bits per heavy atom. The fraction of sp³-hybridized carbons (Fsp3) is 0.600. The van der Waals surface area contributed by atoms with Crippen LogP contribution in [-0.2, 0) is 5.41 Å². The smallest absolute Gasteiger partial charge is 0.362 e. The largest absolute Gasteiger partial charge is 0.438 e. The van der Waals surface area contributed by atoms with Gasteiger partial charge < -0.3 is 5.11 Å². The van der Waals surface area contributed by atoms with Gasteiger partial charge in [0.25, 0.3) is 11.6 Å². The summed E-state index contributed by atoms with van der Waals surface area (Å²) in [6.07, 6.45) is -2.92. The van der Waals surface area contributed by atoms with Gasteiger partial charge in [0.15, 0.2) is 0 Å². The number of carbonyl (C=O) groups is 1. The molecule has 0 saturated heterocycles. The molecule has 0 fully saturated rings. The lowest BCUT2D eigenvalue weighted by Crippen LogP contribution is -2.56. The van der Waals surface area contributed by atoms with Crippen molar-refractivity contribution in [3.05, 3.63) is 35.4 Å². The van der Waals surface area contributed by atoms with Crippen LogP contribution in [0.15, 0.2) is 29.4 Å². The molecule has 2 rings (SSSR count). The van der Waals surface area contributed by atoms with E-state index in [2.05, 4.69) is 5.10 Å². The van der Waals surface area contributed by atoms with E-state index in [4.69, 9.17) is 0 Å². The molecule has 0 radical (unpaired) electrons. The van der Waals surface area contributed by atoms with Crippen molar-refractivity contribution < 1.29 is 23.1 Å². The second kappa shape index (κ2) is 7.62. The summed E-state index contributed by atoms with van der Waals surface area (Å²) in [5.41, 5.74) is -2.23. The fourth-order valence-corrected chi connectivity index (χ4v) is 3.01. The lowest BCUT2D eigenvalue weighted by Gasteiger charge is -2.32. The number of hydrogen-bond acceptors (Lipinski definition) is 3. The van der Waals surface area contributed by atoms with Gasteiger partial charge in [-0.2, -0.15) is 23.3 Å². The second-order valence-electron chi connectivity index (χ2n) is 8.06. The molecule has 1 heterocycles. The molecule has 1 amide bonds. The molecule has 0 bridgehead atoms. The van der Waals surface area contributed by atoms with Gasteiger partial charge in [0.1, 0.15) is 0 Å². The number of nitrogens with zero attached hydrogens (tertiary/aromatic N) is 2. The number of aliphatic hydroxyl groups is 1. The van der Waals surface area contributed by atoms with Crippen LogP contribution < -0.4 is 0 Å². The number of benzene rings is 1. The maximum absolute atomic E-state index is 13.5. The van der Waals surface area contributed by atoms with E-state index < -0.39 is 24.2 Å². The van der Waals surface area contributed by atoms with E-state index in [1.165, 1.54) is 12.1 Å². The van der Waals surface area contributed by atoms with E-state index >= 15 is 0 Å². The molecule has 4 nitrogen and oxygen atoms in total. The van der Waals surface area contributed by atoms with E-state index in [-0.39, 0.29) is 21.7 Å². The third kappa shape index (κ3) is 4.51. The van der Waals surface area contributed by atoms with Crippen molar-refractivity contribution in [3.8, 4) is 0 Å². The van der Waals surface area contributed by atoms with Crippen LogP contribution in [0.2, 0.25) is 0 Å². The van der Waals surface area contributed by atoms with Gasteiger partial charge in [-0.15, -0.1) is 0 Å². The molecule has 1 atom stereocenters. The monoisotopic (exact) mass is 384 g/mol. The summed E-state index contributed by atoms with van der Waals surface area (Å²) >= 11 is 0. The predicted octanol–water partition coefficient (Wildman–Crippen LogP) is 5.02. The van der Waals surface area contributed by atoms with Gasteiger partial charge in [-0.3, -0.25) is 4.79 Å². The van der Waals surface area contributed by atoms with E-state index in [1.54, 1.807) is 12.1 Å². The zero-order chi connectivity index (χ0) is 20.5. The summed E-state index contributed by atoms with van der Waals surface area (Å²) in [5, 5.41) is 14.4. The van der Waals surface area contributed by atoms with E-state index in [0.717, 1.165) is 18.4 Å². The summed E-state index contributed by atoms with van der Waals surface area (Å²) < 4.78 is 40.6. The average molecular weight is 384 g/mol. The summed E-state index contributed by atoms with van der Waals surface area (Å²) in [5.74, 6) is -0.958. The molecule has 27 heavy (non-hydrogen) atoms. The number of unbranched alkanes of at least 4 members (excludes halogenated alkanes) is 2. The standard InChI is InChI=1S/C20H27F3N2O2/c1-5-6-7-8-16-13-19(27,20(21,22)23)25(24-16)17(26)14-9-11-15(12-10-14)18(2,3)4/h9-12,27H,5-8,13H2,1-4H3. The molecule has 1 unspecified atom stereocenters. The van der Waals surface area contributed by atoms with E-state index in [1.807, 2.05) is 27.7 Å². The molecule has 0 saturated carbocycles. The molecular formula is C20H27F3N2O2. The summed E-state index contributed by atoms with van der Waals surface area (Å²) in [4.78, 5) is 12.7. The van der Waals surface area contributed by atoms with Gasteiger partial charge in [-0.25, -0.2) is 0 Å². The second-order valence-corrected chi connectivity index (χ2v) is 8.06. The average Bonchev–Trinajstić information content (AvgIpc) is 2.92. The van der Waals surface area contributed by atoms with E-state index in [0.29, 0.717) is 12.8 Å². The number of alkyl halides is 3. The Morgan fingerprint density at radius 3 is 2.26 bits per heavy atom. The van der Waals surface area contributed by atoms with Crippen LogP contribution in [0.25, 0.3) is 0 Å². The Labute approximate surface area is 158 Å². The number of carbonyl (C=O) groups excluding carboxylic acids is 1. The Hall–Kier alpha value is -1.89. The highest BCUT2D eigenvalue weighted by Gasteiger charge is 2.63. The van der Waals surface area contributed by atoms with Crippen LogP contribution in [-0.4, -0.2) is 33.6 Å². The van der Waals surface area contributed by atoms with Gasteiger partial charge in [0.2, 0.25) is 0 Å². The maximum Gasteiger partial charge on any atom is 0.438 e. The zero-order valence-corrected chi connectivity index (χ0v) is 16.2. The van der Waals surface area contributed by atoms with Crippen LogP contribution in [0, 0.1) is 0 Å². The quantitative estimate of drug-likeness (QED) is 0.725. The number of hydrazone groups is 1. The van der Waals surface area contributed by atoms with Gasteiger partial charge in [-0.1, -0.05) is 52.7 Å². The molecule has 0 spiro atoms. The Morgan fingerprint density at radius 2 is 1.78 bits per heavy atom. The van der Waals surface area contributed by atoms with Crippen LogP contribution in [0.1, 0.15) is 75.7 Å². The Balaban J connectivity index is 2.31. The topological polar surface area (TPSA) is 52.9 Å². The summed E-state index contributed by atoms with van der Waals surface area (Å²) in [7, 11) is 0. The third-order valence-electron chi connectivity index (χ3n) is 4.76. The molecule has 7 heteroatoms. The number of rotatable bonds is 5. The molecule has 0 aliphatic carbocycles. The molecule has 1 aliphatic rings. The highest BCUT2D eigenvalue weighted by molar-refractivity contribution is 5.98. The van der Waals surface area contributed by atoms with Crippen LogP contribution in [0.3, 0.4) is 0 Å². The Kier molecular flexibility index (Phi) is 6.04. The van der Waals surface area contributed by atoms with Crippen molar-refractivity contribution in [2.24, 2.45) is 5.10 Å². The molecule has 0 aromatic heterocycles. The third-order valence-corrected chi connectivity index (χ3v) is 4.76. The maximum atomic E-state index is 13.5. The van der Waals surface area contributed by atoms with Gasteiger partial charge in [0, 0.05) is 17.7 Å². The number of amides is 1. The van der Waals surface area contributed by atoms with Gasteiger partial charge >= 0.3 is 6.18 Å². The molecular weight excluding hydrogens is 357 g/mol. The van der Waals surface area contributed by atoms with E-state index in [9.17, 15) is 23.1 Å². The Bertz CT molecular complexity index is 705. The number of halogens is 3. The first-order valence-corrected chi connectivity index (χ1v) is 9.20. The SMILES string of the molecule is CCCCCC1=NN(C(=O)c2ccc(C(C)(C)C)cc2)C(O)(C(F)(F)F)C1. The minimum atomic E-state index is -5.00. The summed E-state index contributed by atoms with van der Waals surface area (Å²) in [6, 6.07) is 6.37. The van der Waals surface area contributed by atoms with Crippen molar-refractivity contribution in [1.29, 1.82) is 0 Å². The highest BCUT2D eigenvalue weighted by Crippen LogP contribution is 2.41. The molecule has 150 valence electrons. The van der Waals surface area contributed by atoms with Crippen molar-refractivity contribution in [1.82, 2.24) is 5.01 Å². The first kappa shape index (κ1) is 21.4. The fourth-order valence-electron chi connectivity index (χ4n) is 3.01. The molecule has 1 aliphatic heterocycles. The minimum Gasteiger partial charge on any atom is -0.362 e.